The maximum absolute atomic E-state index is 12.9. The number of hydrogen-bond donors (Lipinski definition) is 0. The zero-order chi connectivity index (χ0) is 22.7. The van der Waals surface area contributed by atoms with E-state index in [-0.39, 0.29) is 35.0 Å². The Morgan fingerprint density at radius 2 is 1.84 bits per heavy atom. The predicted molar refractivity (Wildman–Crippen MR) is 112 cm³/mol. The first-order chi connectivity index (χ1) is 14.8. The quantitative estimate of drug-likeness (QED) is 0.181. The minimum absolute atomic E-state index is 0.127. The van der Waals surface area contributed by atoms with E-state index >= 15 is 0 Å². The van der Waals surface area contributed by atoms with Crippen LogP contribution in [-0.2, 0) is 6.42 Å². The Morgan fingerprint density at radius 1 is 1.10 bits per heavy atom. The first kappa shape index (κ1) is 21.8. The summed E-state index contributed by atoms with van der Waals surface area (Å²) in [7, 11) is 1.35. The van der Waals surface area contributed by atoms with Crippen LogP contribution in [0.15, 0.2) is 39.5 Å². The van der Waals surface area contributed by atoms with Gasteiger partial charge in [-0.3, -0.25) is 10.1 Å². The number of esters is 1. The molecule has 0 unspecified atom stereocenters. The van der Waals surface area contributed by atoms with E-state index < -0.39 is 22.2 Å². The van der Waals surface area contributed by atoms with Crippen LogP contribution in [0.5, 0.6) is 17.2 Å². The van der Waals surface area contributed by atoms with E-state index in [0.29, 0.717) is 17.4 Å². The van der Waals surface area contributed by atoms with Crippen molar-refractivity contribution in [3.05, 3.63) is 67.6 Å². The zero-order valence-electron chi connectivity index (χ0n) is 17.5. The first-order valence-electron chi connectivity index (χ1n) is 9.57. The summed E-state index contributed by atoms with van der Waals surface area (Å²) in [5.74, 6) is -0.489. The number of carbonyl (C=O) groups is 1. The SMILES string of the molecule is CCOc1cc(C(=O)Oc2cc3oc(=O)cc(C)c3cc2CC)c([N+](=O)[O-])cc1OC. The van der Waals surface area contributed by atoms with Crippen LogP contribution in [0, 0.1) is 17.0 Å². The molecule has 9 nitrogen and oxygen atoms in total. The van der Waals surface area contributed by atoms with Crippen LogP contribution in [0.4, 0.5) is 5.69 Å². The van der Waals surface area contributed by atoms with E-state index in [1.807, 2.05) is 6.92 Å². The summed E-state index contributed by atoms with van der Waals surface area (Å²) in [6, 6.07) is 6.93. The van der Waals surface area contributed by atoms with Crippen LogP contribution in [0.3, 0.4) is 0 Å². The molecule has 31 heavy (non-hydrogen) atoms. The molecule has 1 aromatic heterocycles. The lowest BCUT2D eigenvalue weighted by atomic mass is 10.1. The van der Waals surface area contributed by atoms with Crippen LogP contribution in [-0.4, -0.2) is 24.6 Å². The van der Waals surface area contributed by atoms with Gasteiger partial charge in [0.2, 0.25) is 0 Å². The molecule has 9 heteroatoms. The lowest BCUT2D eigenvalue weighted by Gasteiger charge is -2.13. The number of hydrogen-bond acceptors (Lipinski definition) is 8. The lowest BCUT2D eigenvalue weighted by Crippen LogP contribution is -2.13. The molecule has 0 aliphatic rings. The highest BCUT2D eigenvalue weighted by atomic mass is 16.6. The molecular weight excluding hydrogens is 406 g/mol. The minimum atomic E-state index is -0.945. The standard InChI is InChI=1S/C22H21NO8/c1-5-13-8-14-12(3)7-21(24)30-18(14)11-17(13)31-22(25)15-9-20(29-6-2)19(28-4)10-16(15)23(26)27/h7-11H,5-6H2,1-4H3. The smallest absolute Gasteiger partial charge is 0.350 e. The number of rotatable bonds is 7. The van der Waals surface area contributed by atoms with Crippen LogP contribution >= 0.6 is 0 Å². The highest BCUT2D eigenvalue weighted by Crippen LogP contribution is 2.36. The third-order valence-electron chi connectivity index (χ3n) is 4.71. The Labute approximate surface area is 177 Å². The average molecular weight is 427 g/mol. The van der Waals surface area contributed by atoms with E-state index in [0.717, 1.165) is 11.6 Å². The average Bonchev–Trinajstić information content (AvgIpc) is 2.72. The maximum Gasteiger partial charge on any atom is 0.350 e. The number of ether oxygens (including phenoxy) is 3. The highest BCUT2D eigenvalue weighted by Gasteiger charge is 2.27. The molecule has 3 aromatic rings. The monoisotopic (exact) mass is 427 g/mol. The highest BCUT2D eigenvalue weighted by molar-refractivity contribution is 5.97. The molecule has 0 N–H and O–H groups in total. The minimum Gasteiger partial charge on any atom is -0.493 e. The van der Waals surface area contributed by atoms with E-state index in [2.05, 4.69) is 0 Å². The first-order valence-corrected chi connectivity index (χ1v) is 9.57. The largest absolute Gasteiger partial charge is 0.493 e. The van der Waals surface area contributed by atoms with Crippen molar-refractivity contribution in [2.45, 2.75) is 27.2 Å². The van der Waals surface area contributed by atoms with Crippen LogP contribution < -0.4 is 19.8 Å². The van der Waals surface area contributed by atoms with Gasteiger partial charge in [0.25, 0.3) is 5.69 Å². The van der Waals surface area contributed by atoms with Crippen molar-refractivity contribution < 1.29 is 28.3 Å². The van der Waals surface area contributed by atoms with Gasteiger partial charge in [-0.15, -0.1) is 0 Å². The Balaban J connectivity index is 2.10. The van der Waals surface area contributed by atoms with Gasteiger partial charge in [0, 0.05) is 23.6 Å². The number of aryl methyl sites for hydroxylation is 2. The van der Waals surface area contributed by atoms with Crippen molar-refractivity contribution in [2.75, 3.05) is 13.7 Å². The summed E-state index contributed by atoms with van der Waals surface area (Å²) >= 11 is 0. The fraction of sp³-hybridized carbons (Fsp3) is 0.273. The number of benzene rings is 2. The number of carbonyl (C=O) groups excluding carboxylic acids is 1. The Bertz CT molecular complexity index is 1230. The van der Waals surface area contributed by atoms with Gasteiger partial charge in [-0.1, -0.05) is 6.92 Å². The Hall–Kier alpha value is -3.88. The second kappa shape index (κ2) is 8.86. The number of fused-ring (bicyclic) bond motifs is 1. The molecule has 0 fully saturated rings. The van der Waals surface area contributed by atoms with Gasteiger partial charge in [-0.05, 0) is 37.5 Å². The number of methoxy groups -OCH3 is 1. The molecule has 0 bridgehead atoms. The van der Waals surface area contributed by atoms with E-state index in [1.165, 1.54) is 25.3 Å². The molecule has 0 amide bonds. The van der Waals surface area contributed by atoms with E-state index in [4.69, 9.17) is 18.6 Å². The fourth-order valence-corrected chi connectivity index (χ4v) is 3.21. The molecule has 0 aliphatic carbocycles. The zero-order valence-corrected chi connectivity index (χ0v) is 17.5. The van der Waals surface area contributed by atoms with Gasteiger partial charge < -0.3 is 18.6 Å². The molecule has 0 spiro atoms. The van der Waals surface area contributed by atoms with Gasteiger partial charge in [0.1, 0.15) is 16.9 Å². The number of nitrogens with zero attached hydrogens (tertiary/aromatic N) is 1. The van der Waals surface area contributed by atoms with Crippen molar-refractivity contribution in [1.82, 2.24) is 0 Å². The van der Waals surface area contributed by atoms with Gasteiger partial charge in [-0.2, -0.15) is 0 Å². The Morgan fingerprint density at radius 3 is 2.45 bits per heavy atom. The Kier molecular flexibility index (Phi) is 6.24. The van der Waals surface area contributed by atoms with Crippen molar-refractivity contribution in [1.29, 1.82) is 0 Å². The molecule has 0 atom stereocenters. The molecule has 2 aromatic carbocycles. The normalized spacial score (nSPS) is 10.7. The third kappa shape index (κ3) is 4.35. The van der Waals surface area contributed by atoms with Crippen molar-refractivity contribution in [3.8, 4) is 17.2 Å². The van der Waals surface area contributed by atoms with Gasteiger partial charge in [-0.25, -0.2) is 9.59 Å². The summed E-state index contributed by atoms with van der Waals surface area (Å²) in [6.45, 7) is 5.65. The van der Waals surface area contributed by atoms with Gasteiger partial charge in [0.05, 0.1) is 24.7 Å². The van der Waals surface area contributed by atoms with Crippen LogP contribution in [0.2, 0.25) is 0 Å². The van der Waals surface area contributed by atoms with E-state index in [9.17, 15) is 19.7 Å². The number of nitro groups is 1. The van der Waals surface area contributed by atoms with E-state index in [1.54, 1.807) is 19.9 Å². The molecule has 1 heterocycles. The summed E-state index contributed by atoms with van der Waals surface area (Å²) < 4.78 is 21.3. The summed E-state index contributed by atoms with van der Waals surface area (Å²) in [5, 5.41) is 12.3. The van der Waals surface area contributed by atoms with Crippen LogP contribution in [0.25, 0.3) is 11.0 Å². The summed E-state index contributed by atoms with van der Waals surface area (Å²) in [4.78, 5) is 35.5. The summed E-state index contributed by atoms with van der Waals surface area (Å²) in [5.41, 5.74) is 0.362. The second-order valence-electron chi connectivity index (χ2n) is 6.66. The molecule has 0 radical (unpaired) electrons. The molecule has 0 saturated carbocycles. The molecular formula is C22H21NO8. The third-order valence-corrected chi connectivity index (χ3v) is 4.71. The van der Waals surface area contributed by atoms with Crippen LogP contribution in [0.1, 0.15) is 35.3 Å². The second-order valence-corrected chi connectivity index (χ2v) is 6.66. The molecule has 0 aliphatic heterocycles. The number of nitro benzene ring substituents is 1. The van der Waals surface area contributed by atoms with Crippen molar-refractivity contribution in [3.63, 3.8) is 0 Å². The lowest BCUT2D eigenvalue weighted by molar-refractivity contribution is -0.385. The van der Waals surface area contributed by atoms with Gasteiger partial charge >= 0.3 is 11.6 Å². The summed E-state index contributed by atoms with van der Waals surface area (Å²) in [6.07, 6.45) is 0.520. The van der Waals surface area contributed by atoms with Crippen molar-refractivity contribution in [2.24, 2.45) is 0 Å². The molecule has 0 saturated heterocycles. The molecule has 3 rings (SSSR count). The topological polar surface area (TPSA) is 118 Å². The fourth-order valence-electron chi connectivity index (χ4n) is 3.21. The van der Waals surface area contributed by atoms with Crippen molar-refractivity contribution >= 4 is 22.6 Å². The van der Waals surface area contributed by atoms with Gasteiger partial charge in [0.15, 0.2) is 11.5 Å². The predicted octanol–water partition coefficient (Wildman–Crippen LogP) is 4.20. The molecule has 162 valence electrons. The maximum atomic E-state index is 12.9.